The van der Waals surface area contributed by atoms with E-state index in [1.165, 1.54) is 27.6 Å². The molecule has 0 amide bonds. The Labute approximate surface area is 412 Å². The Balaban J connectivity index is 1.01. The zero-order valence-corrected chi connectivity index (χ0v) is 39.7. The minimum Gasteiger partial charge on any atom is -0.505 e. The van der Waals surface area contributed by atoms with Crippen molar-refractivity contribution in [1.82, 2.24) is 0 Å². The molecule has 1 N–H and O–H groups in total. The van der Waals surface area contributed by atoms with Crippen LogP contribution in [0, 0.1) is 20.8 Å². The maximum absolute atomic E-state index is 12.6. The van der Waals surface area contributed by atoms with Crippen molar-refractivity contribution in [3.8, 4) is 39.1 Å². The van der Waals surface area contributed by atoms with Gasteiger partial charge in [-0.2, -0.15) is 0 Å². The second-order valence-corrected chi connectivity index (χ2v) is 18.7. The van der Waals surface area contributed by atoms with E-state index in [2.05, 4.69) is 243 Å². The fourth-order valence-electron chi connectivity index (χ4n) is 11.3. The van der Waals surface area contributed by atoms with E-state index in [1.54, 1.807) is 0 Å². The molecule has 0 aliphatic rings. The topological polar surface area (TPSA) is 39.9 Å². The minimum atomic E-state index is 0.215. The molecule has 0 unspecified atom stereocenters. The lowest BCUT2D eigenvalue weighted by Crippen LogP contribution is -2.12. The van der Waals surface area contributed by atoms with E-state index in [-0.39, 0.29) is 5.75 Å². The monoisotopic (exact) mass is 912 g/mol. The maximum Gasteiger partial charge on any atom is 0.159 e. The van der Waals surface area contributed by atoms with Gasteiger partial charge in [-0.05, 0) is 136 Å². The summed E-state index contributed by atoms with van der Waals surface area (Å²) in [6.45, 7) is 6.48. The molecule has 0 bridgehead atoms. The van der Waals surface area contributed by atoms with Gasteiger partial charge in [-0.3, -0.25) is 0 Å². The van der Waals surface area contributed by atoms with Crippen molar-refractivity contribution in [3.63, 3.8) is 0 Å². The summed E-state index contributed by atoms with van der Waals surface area (Å²) in [4.78, 5) is 4.57. The van der Waals surface area contributed by atoms with Crippen LogP contribution in [0.3, 0.4) is 0 Å². The summed E-state index contributed by atoms with van der Waals surface area (Å²) in [6.07, 6.45) is 0. The highest BCUT2D eigenvalue weighted by molar-refractivity contribution is 6.28. The fourth-order valence-corrected chi connectivity index (χ4v) is 11.3. The summed E-state index contributed by atoms with van der Waals surface area (Å²) in [7, 11) is 0. The van der Waals surface area contributed by atoms with Crippen molar-refractivity contribution in [2.24, 2.45) is 0 Å². The summed E-state index contributed by atoms with van der Waals surface area (Å²) >= 11 is 0. The first-order chi connectivity index (χ1) is 34.9. The predicted molar refractivity (Wildman–Crippen MR) is 299 cm³/mol. The van der Waals surface area contributed by atoms with Gasteiger partial charge in [0.2, 0.25) is 0 Å². The number of nitrogens with zero attached hydrogens (tertiary/aromatic N) is 2. The van der Waals surface area contributed by atoms with Crippen molar-refractivity contribution in [3.05, 3.63) is 247 Å². The highest BCUT2D eigenvalue weighted by atomic mass is 16.3. The summed E-state index contributed by atoms with van der Waals surface area (Å²) in [5.41, 5.74) is 17.3. The first kappa shape index (κ1) is 42.0. The quantitative estimate of drug-likeness (QED) is 0.147. The Morgan fingerprint density at radius 2 is 0.817 bits per heavy atom. The second kappa shape index (κ2) is 16.8. The maximum atomic E-state index is 12.6. The Kier molecular flexibility index (Phi) is 9.96. The van der Waals surface area contributed by atoms with Gasteiger partial charge in [0, 0.05) is 44.0 Å². The normalized spacial score (nSPS) is 11.6. The zero-order chi connectivity index (χ0) is 47.7. The molecule has 0 aliphatic carbocycles. The van der Waals surface area contributed by atoms with E-state index in [0.717, 1.165) is 105 Å². The lowest BCUT2D eigenvalue weighted by atomic mass is 9.91. The van der Waals surface area contributed by atoms with E-state index in [0.29, 0.717) is 5.69 Å². The van der Waals surface area contributed by atoms with E-state index in [4.69, 9.17) is 4.42 Å². The van der Waals surface area contributed by atoms with Crippen LogP contribution in [0.15, 0.2) is 235 Å². The molecule has 0 spiro atoms. The van der Waals surface area contributed by atoms with Gasteiger partial charge in [-0.15, -0.1) is 0 Å². The molecule has 0 saturated carbocycles. The SMILES string of the molecule is Cc1ccccc1-c1cccc2c1oc1c(N(c3ccccc3)c3ccc4ccc5c(N(c6ccccc6)c6cccc(-c7cccc(-c8c(C)cccc8C)c7)c6O)ccc6ccc3c4c65)cccc12. The Morgan fingerprint density at radius 1 is 0.338 bits per heavy atom. The predicted octanol–water partition coefficient (Wildman–Crippen LogP) is 19.1. The van der Waals surface area contributed by atoms with Crippen LogP contribution in [0.5, 0.6) is 5.75 Å². The van der Waals surface area contributed by atoms with Gasteiger partial charge in [0.25, 0.3) is 0 Å². The summed E-state index contributed by atoms with van der Waals surface area (Å²) in [5, 5.41) is 21.6. The first-order valence-electron chi connectivity index (χ1n) is 24.3. The van der Waals surface area contributed by atoms with Crippen LogP contribution < -0.4 is 9.80 Å². The molecular weight excluding hydrogens is 865 g/mol. The number of hydrogen-bond acceptors (Lipinski definition) is 4. The number of para-hydroxylation sites is 5. The second-order valence-electron chi connectivity index (χ2n) is 18.7. The third kappa shape index (κ3) is 6.82. The molecule has 0 fully saturated rings. The van der Waals surface area contributed by atoms with Gasteiger partial charge in [0.05, 0.1) is 22.7 Å². The average Bonchev–Trinajstić information content (AvgIpc) is 3.80. The van der Waals surface area contributed by atoms with Crippen LogP contribution in [-0.2, 0) is 0 Å². The van der Waals surface area contributed by atoms with E-state index in [1.807, 2.05) is 18.2 Å². The molecule has 13 rings (SSSR count). The molecule has 4 nitrogen and oxygen atoms in total. The van der Waals surface area contributed by atoms with Gasteiger partial charge >= 0.3 is 0 Å². The third-order valence-electron chi connectivity index (χ3n) is 14.5. The third-order valence-corrected chi connectivity index (χ3v) is 14.5. The molecular formula is C67H48N2O2. The van der Waals surface area contributed by atoms with Crippen LogP contribution in [0.25, 0.3) is 87.6 Å². The smallest absolute Gasteiger partial charge is 0.159 e. The minimum absolute atomic E-state index is 0.215. The summed E-state index contributed by atoms with van der Waals surface area (Å²) in [6, 6.07) is 81.5. The van der Waals surface area contributed by atoms with Crippen molar-refractivity contribution in [2.75, 3.05) is 9.80 Å². The molecule has 71 heavy (non-hydrogen) atoms. The Morgan fingerprint density at radius 3 is 1.48 bits per heavy atom. The standard InChI is InChI=1S/C67H48N2O2/c1-42-17-10-11-26-51(42)53-28-14-29-54-55-30-16-32-61(67(55)71-66(53)54)69(50-24-8-5-9-25-50)59-40-36-46-33-37-56-58(39-35-45-34-38-57(59)64(46)63(45)56)68(49-22-6-4-7-23-49)60-31-15-27-52(65(60)70)47-20-13-21-48(41-47)62-43(2)18-12-19-44(62)3/h4-41,70H,1-3H3. The number of phenols is 1. The molecule has 12 aromatic carbocycles. The lowest BCUT2D eigenvalue weighted by Gasteiger charge is -2.30. The first-order valence-corrected chi connectivity index (χ1v) is 24.3. The van der Waals surface area contributed by atoms with Crippen LogP contribution in [-0.4, -0.2) is 5.11 Å². The van der Waals surface area contributed by atoms with E-state index in [9.17, 15) is 5.11 Å². The highest BCUT2D eigenvalue weighted by Crippen LogP contribution is 2.51. The van der Waals surface area contributed by atoms with Gasteiger partial charge in [-0.1, -0.05) is 176 Å². The Bertz CT molecular complexity index is 4150. The number of fused-ring (bicyclic) bond motifs is 3. The van der Waals surface area contributed by atoms with Crippen molar-refractivity contribution >= 4 is 88.4 Å². The fraction of sp³-hybridized carbons (Fsp3) is 0.0448. The molecule has 0 radical (unpaired) electrons. The lowest BCUT2D eigenvalue weighted by molar-refractivity contribution is 0.478. The van der Waals surface area contributed by atoms with Gasteiger partial charge in [0.15, 0.2) is 5.58 Å². The number of aromatic hydroxyl groups is 1. The molecule has 0 atom stereocenters. The van der Waals surface area contributed by atoms with Crippen LogP contribution in [0.2, 0.25) is 0 Å². The van der Waals surface area contributed by atoms with Crippen LogP contribution >= 0.6 is 0 Å². The van der Waals surface area contributed by atoms with Crippen LogP contribution in [0.4, 0.5) is 34.1 Å². The number of hydrogen-bond donors (Lipinski definition) is 1. The Hall–Kier alpha value is -9.12. The van der Waals surface area contributed by atoms with Crippen molar-refractivity contribution in [2.45, 2.75) is 20.8 Å². The van der Waals surface area contributed by atoms with Gasteiger partial charge in [-0.25, -0.2) is 0 Å². The van der Waals surface area contributed by atoms with E-state index < -0.39 is 0 Å². The summed E-state index contributed by atoms with van der Waals surface area (Å²) < 4.78 is 7.11. The largest absolute Gasteiger partial charge is 0.505 e. The average molecular weight is 913 g/mol. The van der Waals surface area contributed by atoms with Gasteiger partial charge < -0.3 is 19.3 Å². The molecule has 1 heterocycles. The van der Waals surface area contributed by atoms with Crippen molar-refractivity contribution in [1.29, 1.82) is 0 Å². The van der Waals surface area contributed by atoms with E-state index >= 15 is 0 Å². The number of aryl methyl sites for hydroxylation is 3. The number of anilines is 6. The number of rotatable bonds is 9. The van der Waals surface area contributed by atoms with Crippen LogP contribution in [0.1, 0.15) is 16.7 Å². The summed E-state index contributed by atoms with van der Waals surface area (Å²) in [5.74, 6) is 0.215. The molecule has 0 saturated heterocycles. The molecule has 1 aromatic heterocycles. The number of phenolic OH excluding ortho intramolecular Hbond substituents is 1. The highest BCUT2D eigenvalue weighted by Gasteiger charge is 2.26. The zero-order valence-electron chi connectivity index (χ0n) is 39.7. The number of benzene rings is 12. The van der Waals surface area contributed by atoms with Gasteiger partial charge in [0.1, 0.15) is 11.3 Å². The molecule has 338 valence electrons. The number of furan rings is 1. The van der Waals surface area contributed by atoms with Crippen molar-refractivity contribution < 1.29 is 9.52 Å². The molecule has 0 aliphatic heterocycles. The molecule has 13 aromatic rings. The molecule has 4 heteroatoms.